The molecule has 0 bridgehead atoms. The van der Waals surface area contributed by atoms with Gasteiger partial charge in [-0.1, -0.05) is 31.2 Å². The number of benzene rings is 1. The Balaban J connectivity index is 1.45. The molecule has 1 aromatic carbocycles. The van der Waals surface area contributed by atoms with Gasteiger partial charge in [0.15, 0.2) is 5.65 Å². The Kier molecular flexibility index (Phi) is 3.79. The van der Waals surface area contributed by atoms with Crippen LogP contribution >= 0.6 is 0 Å². The SMILES string of the molecule is CC1(c2nnc3ccc(O[C@@H]4CC[C@H](NC(N)=O)c5ccccc54)cn23)CC1. The first kappa shape index (κ1) is 17.0. The number of primary amides is 1. The molecule has 0 aliphatic heterocycles. The standard InChI is InChI=1S/C21H23N5O2/c1-21(10-11-21)19-25-24-18-9-6-13(12-26(18)19)28-17-8-7-16(23-20(22)27)14-4-2-3-5-15(14)17/h2-6,9,12,16-17H,7-8,10-11H2,1H3,(H3,22,23,27)/t16-,17+/m0/s1. The van der Waals surface area contributed by atoms with Crippen LogP contribution < -0.4 is 15.8 Å². The Morgan fingerprint density at radius 1 is 1.18 bits per heavy atom. The lowest BCUT2D eigenvalue weighted by atomic mass is 9.85. The maximum Gasteiger partial charge on any atom is 0.312 e. The molecule has 1 saturated carbocycles. The number of carbonyl (C=O) groups excluding carboxylic acids is 1. The number of pyridine rings is 1. The van der Waals surface area contributed by atoms with Crippen LogP contribution in [0.1, 0.15) is 61.7 Å². The number of rotatable bonds is 4. The van der Waals surface area contributed by atoms with Crippen LogP contribution in [0.3, 0.4) is 0 Å². The van der Waals surface area contributed by atoms with Gasteiger partial charge in [0.1, 0.15) is 17.7 Å². The highest BCUT2D eigenvalue weighted by molar-refractivity contribution is 5.72. The third kappa shape index (κ3) is 2.87. The smallest absolute Gasteiger partial charge is 0.312 e. The molecule has 5 rings (SSSR count). The van der Waals surface area contributed by atoms with Gasteiger partial charge in [-0.15, -0.1) is 10.2 Å². The van der Waals surface area contributed by atoms with Gasteiger partial charge in [-0.05, 0) is 48.9 Å². The Bertz CT molecular complexity index is 1060. The highest BCUT2D eigenvalue weighted by Gasteiger charge is 2.43. The summed E-state index contributed by atoms with van der Waals surface area (Å²) in [5, 5.41) is 11.5. The fraction of sp³-hybridized carbons (Fsp3) is 0.381. The van der Waals surface area contributed by atoms with Gasteiger partial charge in [0.2, 0.25) is 0 Å². The van der Waals surface area contributed by atoms with E-state index in [4.69, 9.17) is 10.5 Å². The zero-order valence-electron chi connectivity index (χ0n) is 15.8. The topological polar surface area (TPSA) is 94.5 Å². The van der Waals surface area contributed by atoms with Crippen LogP contribution in [-0.2, 0) is 5.41 Å². The van der Waals surface area contributed by atoms with Crippen LogP contribution in [0.15, 0.2) is 42.6 Å². The molecule has 2 amide bonds. The Morgan fingerprint density at radius 2 is 1.96 bits per heavy atom. The van der Waals surface area contributed by atoms with Gasteiger partial charge in [-0.2, -0.15) is 0 Å². The second-order valence-electron chi connectivity index (χ2n) is 8.05. The van der Waals surface area contributed by atoms with E-state index in [1.807, 2.05) is 36.5 Å². The third-order valence-corrected chi connectivity index (χ3v) is 5.95. The van der Waals surface area contributed by atoms with Gasteiger partial charge in [-0.3, -0.25) is 4.40 Å². The van der Waals surface area contributed by atoms with Crippen molar-refractivity contribution in [3.8, 4) is 5.75 Å². The molecule has 2 aromatic heterocycles. The highest BCUT2D eigenvalue weighted by atomic mass is 16.5. The molecule has 7 heteroatoms. The number of hydrogen-bond donors (Lipinski definition) is 2. The monoisotopic (exact) mass is 377 g/mol. The first-order chi connectivity index (χ1) is 13.5. The molecular weight excluding hydrogens is 354 g/mol. The predicted molar refractivity (Wildman–Crippen MR) is 104 cm³/mol. The summed E-state index contributed by atoms with van der Waals surface area (Å²) in [6.45, 7) is 2.22. The molecule has 2 aliphatic rings. The molecule has 0 saturated heterocycles. The quantitative estimate of drug-likeness (QED) is 0.728. The molecule has 1 fully saturated rings. The molecule has 2 atom stereocenters. The minimum atomic E-state index is -0.502. The maximum atomic E-state index is 11.3. The Labute approximate surface area is 162 Å². The van der Waals surface area contributed by atoms with Gasteiger partial charge in [0, 0.05) is 5.41 Å². The molecule has 0 spiro atoms. The Hall–Kier alpha value is -3.09. The van der Waals surface area contributed by atoms with E-state index in [1.54, 1.807) is 0 Å². The number of amides is 2. The number of fused-ring (bicyclic) bond motifs is 2. The molecule has 7 nitrogen and oxygen atoms in total. The summed E-state index contributed by atoms with van der Waals surface area (Å²) in [5.41, 5.74) is 8.46. The van der Waals surface area contributed by atoms with Gasteiger partial charge in [0.25, 0.3) is 0 Å². The van der Waals surface area contributed by atoms with E-state index in [1.165, 1.54) is 0 Å². The van der Waals surface area contributed by atoms with Crippen molar-refractivity contribution in [3.63, 3.8) is 0 Å². The van der Waals surface area contributed by atoms with Crippen LogP contribution in [0.5, 0.6) is 5.75 Å². The molecule has 2 heterocycles. The molecule has 28 heavy (non-hydrogen) atoms. The highest BCUT2D eigenvalue weighted by Crippen LogP contribution is 2.47. The second-order valence-corrected chi connectivity index (χ2v) is 8.05. The molecule has 3 aromatic rings. The van der Waals surface area contributed by atoms with Crippen molar-refractivity contribution in [2.75, 3.05) is 0 Å². The van der Waals surface area contributed by atoms with Gasteiger partial charge in [-0.25, -0.2) is 4.79 Å². The van der Waals surface area contributed by atoms with Gasteiger partial charge >= 0.3 is 6.03 Å². The van der Waals surface area contributed by atoms with Crippen molar-refractivity contribution >= 4 is 11.7 Å². The van der Waals surface area contributed by atoms with Crippen LogP contribution in [0, 0.1) is 0 Å². The number of urea groups is 1. The predicted octanol–water partition coefficient (Wildman–Crippen LogP) is 3.40. The molecule has 0 radical (unpaired) electrons. The summed E-state index contributed by atoms with van der Waals surface area (Å²) in [5.74, 6) is 1.79. The van der Waals surface area contributed by atoms with E-state index in [0.29, 0.717) is 0 Å². The molecule has 3 N–H and O–H groups in total. The average molecular weight is 377 g/mol. The summed E-state index contributed by atoms with van der Waals surface area (Å²) in [4.78, 5) is 11.3. The number of aromatic nitrogens is 3. The fourth-order valence-corrected chi connectivity index (χ4v) is 4.12. The lowest BCUT2D eigenvalue weighted by molar-refractivity contribution is 0.171. The van der Waals surface area contributed by atoms with Crippen molar-refractivity contribution in [2.45, 2.75) is 50.2 Å². The fourth-order valence-electron chi connectivity index (χ4n) is 4.12. The molecule has 144 valence electrons. The Morgan fingerprint density at radius 3 is 2.71 bits per heavy atom. The van der Waals surface area contributed by atoms with E-state index < -0.39 is 6.03 Å². The minimum absolute atomic E-state index is 0.0731. The summed E-state index contributed by atoms with van der Waals surface area (Å²) in [6, 6.07) is 11.4. The summed E-state index contributed by atoms with van der Waals surface area (Å²) < 4.78 is 8.43. The van der Waals surface area contributed by atoms with Crippen LogP contribution in [0.4, 0.5) is 4.79 Å². The number of ether oxygens (including phenoxy) is 1. The lowest BCUT2D eigenvalue weighted by Gasteiger charge is -2.32. The van der Waals surface area contributed by atoms with E-state index in [9.17, 15) is 4.79 Å². The zero-order chi connectivity index (χ0) is 19.3. The second kappa shape index (κ2) is 6.22. The molecular formula is C21H23N5O2. The van der Waals surface area contributed by atoms with Gasteiger partial charge < -0.3 is 15.8 Å². The molecule has 2 aliphatic carbocycles. The van der Waals surface area contributed by atoms with E-state index >= 15 is 0 Å². The maximum absolute atomic E-state index is 11.3. The summed E-state index contributed by atoms with van der Waals surface area (Å²) in [6.07, 6.45) is 5.78. The zero-order valence-corrected chi connectivity index (χ0v) is 15.8. The summed E-state index contributed by atoms with van der Waals surface area (Å²) in [7, 11) is 0. The molecule has 0 unspecified atom stereocenters. The number of carbonyl (C=O) groups is 1. The largest absolute Gasteiger partial charge is 0.484 e. The van der Waals surface area contributed by atoms with Crippen LogP contribution in [-0.4, -0.2) is 20.6 Å². The minimum Gasteiger partial charge on any atom is -0.484 e. The van der Waals surface area contributed by atoms with Crippen molar-refractivity contribution in [2.24, 2.45) is 5.73 Å². The van der Waals surface area contributed by atoms with Crippen molar-refractivity contribution < 1.29 is 9.53 Å². The van der Waals surface area contributed by atoms with E-state index in [2.05, 4.69) is 32.9 Å². The van der Waals surface area contributed by atoms with Crippen molar-refractivity contribution in [1.82, 2.24) is 19.9 Å². The van der Waals surface area contributed by atoms with Crippen LogP contribution in [0.25, 0.3) is 5.65 Å². The first-order valence-corrected chi connectivity index (χ1v) is 9.70. The number of nitrogens with one attached hydrogen (secondary N) is 1. The van der Waals surface area contributed by atoms with E-state index in [0.717, 1.165) is 54.0 Å². The lowest BCUT2D eigenvalue weighted by Crippen LogP contribution is -2.36. The third-order valence-electron chi connectivity index (χ3n) is 5.95. The van der Waals surface area contributed by atoms with E-state index in [-0.39, 0.29) is 17.6 Å². The number of nitrogens with zero attached hydrogens (tertiary/aromatic N) is 3. The average Bonchev–Trinajstić information content (AvgIpc) is 3.28. The summed E-state index contributed by atoms with van der Waals surface area (Å²) >= 11 is 0. The van der Waals surface area contributed by atoms with Crippen molar-refractivity contribution in [1.29, 1.82) is 0 Å². The van der Waals surface area contributed by atoms with Gasteiger partial charge in [0.05, 0.1) is 12.2 Å². The normalized spacial score (nSPS) is 22.5. The van der Waals surface area contributed by atoms with Crippen molar-refractivity contribution in [3.05, 3.63) is 59.5 Å². The first-order valence-electron chi connectivity index (χ1n) is 9.70. The number of hydrogen-bond acceptors (Lipinski definition) is 4. The van der Waals surface area contributed by atoms with Crippen LogP contribution in [0.2, 0.25) is 0 Å². The number of nitrogens with two attached hydrogens (primary N) is 1.